The van der Waals surface area contributed by atoms with Gasteiger partial charge >= 0.3 is 0 Å². The van der Waals surface area contributed by atoms with Crippen LogP contribution >= 0.6 is 0 Å². The highest BCUT2D eigenvalue weighted by Crippen LogP contribution is 2.30. The molecule has 2 atom stereocenters. The van der Waals surface area contributed by atoms with Gasteiger partial charge in [-0.2, -0.15) is 12.7 Å². The minimum atomic E-state index is -3.28. The molecule has 0 bridgehead atoms. The second kappa shape index (κ2) is 7.90. The van der Waals surface area contributed by atoms with Crippen LogP contribution in [0.15, 0.2) is 0 Å². The highest BCUT2D eigenvalue weighted by atomic mass is 32.2. The Hall–Kier alpha value is -0.170. The normalized spacial score (nSPS) is 29.0. The van der Waals surface area contributed by atoms with E-state index in [9.17, 15) is 8.42 Å². The predicted molar refractivity (Wildman–Crippen MR) is 86.3 cm³/mol. The first-order valence-corrected chi connectivity index (χ1v) is 9.92. The van der Waals surface area contributed by atoms with Gasteiger partial charge in [-0.15, -0.1) is 0 Å². The van der Waals surface area contributed by atoms with Crippen molar-refractivity contribution >= 4 is 10.2 Å². The summed E-state index contributed by atoms with van der Waals surface area (Å²) >= 11 is 0. The lowest BCUT2D eigenvalue weighted by molar-refractivity contribution is 0.264. The first kappa shape index (κ1) is 17.2. The van der Waals surface area contributed by atoms with Gasteiger partial charge in [0.2, 0.25) is 0 Å². The molecule has 0 radical (unpaired) electrons. The Balaban J connectivity index is 1.75. The Morgan fingerprint density at radius 3 is 2.38 bits per heavy atom. The molecule has 2 N–H and O–H groups in total. The smallest absolute Gasteiger partial charge is 0.279 e. The minimum Gasteiger partial charge on any atom is -0.317 e. The molecule has 2 aliphatic rings. The molecule has 0 aromatic carbocycles. The van der Waals surface area contributed by atoms with Crippen LogP contribution in [0.25, 0.3) is 0 Å². The van der Waals surface area contributed by atoms with Crippen molar-refractivity contribution < 1.29 is 8.42 Å². The fourth-order valence-corrected chi connectivity index (χ4v) is 4.83. The molecule has 1 aliphatic heterocycles. The maximum absolute atomic E-state index is 12.4. The Morgan fingerprint density at radius 1 is 1.10 bits per heavy atom. The van der Waals surface area contributed by atoms with Gasteiger partial charge in [0.05, 0.1) is 0 Å². The van der Waals surface area contributed by atoms with E-state index in [4.69, 9.17) is 0 Å². The van der Waals surface area contributed by atoms with E-state index in [0.717, 1.165) is 32.4 Å². The molecule has 1 heterocycles. The van der Waals surface area contributed by atoms with E-state index in [1.165, 1.54) is 12.8 Å². The van der Waals surface area contributed by atoms with E-state index in [1.54, 1.807) is 4.31 Å². The number of hydrogen-bond donors (Lipinski definition) is 2. The van der Waals surface area contributed by atoms with Crippen LogP contribution in [-0.4, -0.2) is 45.4 Å². The number of piperidine rings is 1. The summed E-state index contributed by atoms with van der Waals surface area (Å²) in [6, 6.07) is 0. The summed E-state index contributed by atoms with van der Waals surface area (Å²) in [7, 11) is -3.28. The van der Waals surface area contributed by atoms with Crippen molar-refractivity contribution in [3.63, 3.8) is 0 Å². The molecule has 0 aromatic rings. The van der Waals surface area contributed by atoms with Gasteiger partial charge in [-0.05, 0) is 50.1 Å². The Bertz CT molecular complexity index is 405. The third-order valence-corrected chi connectivity index (χ3v) is 6.74. The van der Waals surface area contributed by atoms with E-state index < -0.39 is 10.2 Å². The predicted octanol–water partition coefficient (Wildman–Crippen LogP) is 1.58. The molecule has 1 aliphatic carbocycles. The first-order valence-electron chi connectivity index (χ1n) is 8.48. The molecule has 1 saturated heterocycles. The topological polar surface area (TPSA) is 61.4 Å². The molecule has 0 spiro atoms. The van der Waals surface area contributed by atoms with Crippen LogP contribution in [-0.2, 0) is 10.2 Å². The fourth-order valence-electron chi connectivity index (χ4n) is 3.53. The molecular formula is C15H31N3O2S. The summed E-state index contributed by atoms with van der Waals surface area (Å²) in [6.45, 7) is 8.26. The van der Waals surface area contributed by atoms with Crippen molar-refractivity contribution in [2.75, 3.05) is 32.7 Å². The molecule has 0 aromatic heterocycles. The highest BCUT2D eigenvalue weighted by Gasteiger charge is 2.30. The number of nitrogens with zero attached hydrogens (tertiary/aromatic N) is 1. The second-order valence-electron chi connectivity index (χ2n) is 6.67. The van der Waals surface area contributed by atoms with Crippen LogP contribution in [0.5, 0.6) is 0 Å². The van der Waals surface area contributed by atoms with Gasteiger partial charge in [0.1, 0.15) is 0 Å². The molecule has 5 nitrogen and oxygen atoms in total. The third kappa shape index (κ3) is 4.91. The Kier molecular flexibility index (Phi) is 6.47. The van der Waals surface area contributed by atoms with E-state index in [0.29, 0.717) is 37.4 Å². The number of nitrogens with one attached hydrogen (secondary N) is 2. The summed E-state index contributed by atoms with van der Waals surface area (Å²) in [5, 5.41) is 3.36. The van der Waals surface area contributed by atoms with Crippen molar-refractivity contribution in [2.45, 2.75) is 46.0 Å². The average molecular weight is 317 g/mol. The van der Waals surface area contributed by atoms with E-state index >= 15 is 0 Å². The SMILES string of the molecule is CCNCC1CCN(S(=O)(=O)NCC2CCCC2C)CC1. The zero-order valence-electron chi connectivity index (χ0n) is 13.5. The van der Waals surface area contributed by atoms with Crippen molar-refractivity contribution in [2.24, 2.45) is 17.8 Å². The van der Waals surface area contributed by atoms with Crippen molar-refractivity contribution in [1.29, 1.82) is 0 Å². The monoisotopic (exact) mass is 317 g/mol. The summed E-state index contributed by atoms with van der Waals surface area (Å²) < 4.78 is 29.2. The van der Waals surface area contributed by atoms with Crippen molar-refractivity contribution in [1.82, 2.24) is 14.3 Å². The van der Waals surface area contributed by atoms with Crippen LogP contribution < -0.4 is 10.0 Å². The molecule has 0 amide bonds. The van der Waals surface area contributed by atoms with Crippen molar-refractivity contribution in [3.05, 3.63) is 0 Å². The Labute approximate surface area is 130 Å². The molecule has 21 heavy (non-hydrogen) atoms. The zero-order chi connectivity index (χ0) is 15.3. The largest absolute Gasteiger partial charge is 0.317 e. The van der Waals surface area contributed by atoms with Crippen LogP contribution in [0.2, 0.25) is 0 Å². The first-order chi connectivity index (χ1) is 10.0. The summed E-state index contributed by atoms with van der Waals surface area (Å²) in [5.41, 5.74) is 0. The lowest BCUT2D eigenvalue weighted by Crippen LogP contribution is -2.47. The van der Waals surface area contributed by atoms with Gasteiger partial charge in [0, 0.05) is 19.6 Å². The quantitative estimate of drug-likeness (QED) is 0.749. The minimum absolute atomic E-state index is 0.520. The zero-order valence-corrected chi connectivity index (χ0v) is 14.3. The molecule has 2 fully saturated rings. The standard InChI is InChI=1S/C15H31N3O2S/c1-3-16-11-14-7-9-18(10-8-14)21(19,20)17-12-15-6-4-5-13(15)2/h13-17H,3-12H2,1-2H3. The Morgan fingerprint density at radius 2 is 1.81 bits per heavy atom. The number of hydrogen-bond acceptors (Lipinski definition) is 3. The third-order valence-electron chi connectivity index (χ3n) is 5.16. The lowest BCUT2D eigenvalue weighted by atomic mass is 9.98. The molecule has 2 unspecified atom stereocenters. The maximum atomic E-state index is 12.4. The summed E-state index contributed by atoms with van der Waals surface area (Å²) in [6.07, 6.45) is 5.57. The number of rotatable bonds is 7. The fraction of sp³-hybridized carbons (Fsp3) is 1.00. The average Bonchev–Trinajstić information content (AvgIpc) is 2.89. The van der Waals surface area contributed by atoms with Gasteiger partial charge in [-0.25, -0.2) is 4.72 Å². The van der Waals surface area contributed by atoms with Crippen molar-refractivity contribution in [3.8, 4) is 0 Å². The van der Waals surface area contributed by atoms with Gasteiger partial charge in [0.15, 0.2) is 0 Å². The summed E-state index contributed by atoms with van der Waals surface area (Å²) in [5.74, 6) is 1.79. The molecule has 124 valence electrons. The van der Waals surface area contributed by atoms with Gasteiger partial charge in [-0.1, -0.05) is 26.7 Å². The second-order valence-corrected chi connectivity index (χ2v) is 8.43. The van der Waals surface area contributed by atoms with Crippen LogP contribution in [0.4, 0.5) is 0 Å². The lowest BCUT2D eigenvalue weighted by Gasteiger charge is -2.31. The van der Waals surface area contributed by atoms with Crippen LogP contribution in [0.3, 0.4) is 0 Å². The molecule has 1 saturated carbocycles. The molecule has 2 rings (SSSR count). The summed E-state index contributed by atoms with van der Waals surface area (Å²) in [4.78, 5) is 0. The van der Waals surface area contributed by atoms with E-state index in [2.05, 4.69) is 23.9 Å². The van der Waals surface area contributed by atoms with Gasteiger partial charge in [-0.3, -0.25) is 0 Å². The van der Waals surface area contributed by atoms with Gasteiger partial charge in [0.25, 0.3) is 10.2 Å². The van der Waals surface area contributed by atoms with Gasteiger partial charge < -0.3 is 5.32 Å². The maximum Gasteiger partial charge on any atom is 0.279 e. The highest BCUT2D eigenvalue weighted by molar-refractivity contribution is 7.87. The van der Waals surface area contributed by atoms with E-state index in [-0.39, 0.29) is 0 Å². The van der Waals surface area contributed by atoms with E-state index in [1.807, 2.05) is 0 Å². The van der Waals surface area contributed by atoms with Crippen LogP contribution in [0.1, 0.15) is 46.0 Å². The molecule has 6 heteroatoms. The molecular weight excluding hydrogens is 286 g/mol. The van der Waals surface area contributed by atoms with Crippen LogP contribution in [0, 0.1) is 17.8 Å².